The van der Waals surface area contributed by atoms with E-state index in [4.69, 9.17) is 0 Å². The first-order valence-corrected chi connectivity index (χ1v) is 10.9. The van der Waals surface area contributed by atoms with Crippen LogP contribution in [0.25, 0.3) is 0 Å². The summed E-state index contributed by atoms with van der Waals surface area (Å²) >= 11 is 1.72. The summed E-state index contributed by atoms with van der Waals surface area (Å²) in [5.41, 5.74) is -0.536. The fourth-order valence-electron chi connectivity index (χ4n) is 5.57. The molecule has 1 aliphatic carbocycles. The Labute approximate surface area is 168 Å². The van der Waals surface area contributed by atoms with E-state index in [0.717, 1.165) is 12.8 Å². The van der Waals surface area contributed by atoms with Gasteiger partial charge in [0.05, 0.1) is 11.7 Å². The molecule has 3 aliphatic heterocycles. The van der Waals surface area contributed by atoms with E-state index >= 15 is 0 Å². The molecular weight excluding hydrogens is 378 g/mol. The molecule has 4 aliphatic rings. The molecule has 1 saturated carbocycles. The van der Waals surface area contributed by atoms with Crippen LogP contribution in [0.15, 0.2) is 0 Å². The Bertz CT molecular complexity index is 805. The van der Waals surface area contributed by atoms with E-state index in [-0.39, 0.29) is 34.0 Å². The number of rotatable bonds is 3. The van der Waals surface area contributed by atoms with Gasteiger partial charge in [-0.2, -0.15) is 5.21 Å². The minimum atomic E-state index is -0.536. The molecule has 0 spiro atoms. The average molecular weight is 406 g/mol. The van der Waals surface area contributed by atoms with Crippen LogP contribution >= 0.6 is 11.8 Å². The van der Waals surface area contributed by atoms with Crippen LogP contribution in [0.3, 0.4) is 0 Å². The van der Waals surface area contributed by atoms with Crippen molar-refractivity contribution in [1.29, 1.82) is 0 Å². The van der Waals surface area contributed by atoms with Crippen molar-refractivity contribution in [3.63, 3.8) is 0 Å². The zero-order chi connectivity index (χ0) is 19.8. The van der Waals surface area contributed by atoms with Gasteiger partial charge in [-0.25, -0.2) is 0 Å². The Morgan fingerprint density at radius 3 is 2.46 bits per heavy atom. The van der Waals surface area contributed by atoms with E-state index in [0.29, 0.717) is 11.7 Å². The Balaban J connectivity index is 1.43. The van der Waals surface area contributed by atoms with E-state index in [2.05, 4.69) is 39.8 Å². The second kappa shape index (κ2) is 5.91. The molecule has 2 N–H and O–H groups in total. The summed E-state index contributed by atoms with van der Waals surface area (Å²) in [7, 11) is 0. The lowest BCUT2D eigenvalue weighted by Gasteiger charge is -2.50. The quantitative estimate of drug-likeness (QED) is 0.723. The topological polar surface area (TPSA) is 107 Å². The number of amides is 2. The van der Waals surface area contributed by atoms with Crippen LogP contribution in [-0.4, -0.2) is 70.1 Å². The number of H-pyrrole nitrogens is 1. The molecule has 9 nitrogen and oxygen atoms in total. The number of aromatic nitrogens is 4. The molecule has 4 unspecified atom stereocenters. The maximum absolute atomic E-state index is 13.4. The molecule has 0 radical (unpaired) electrons. The Morgan fingerprint density at radius 2 is 1.82 bits per heavy atom. The number of carbonyl (C=O) groups is 2. The van der Waals surface area contributed by atoms with Crippen molar-refractivity contribution in [3.8, 4) is 0 Å². The number of tetrazole rings is 1. The van der Waals surface area contributed by atoms with Crippen LogP contribution < -0.4 is 5.32 Å². The second-order valence-corrected chi connectivity index (χ2v) is 11.2. The van der Waals surface area contributed by atoms with Crippen LogP contribution in [-0.2, 0) is 9.59 Å². The highest BCUT2D eigenvalue weighted by Crippen LogP contribution is 2.58. The van der Waals surface area contributed by atoms with Gasteiger partial charge in [0, 0.05) is 4.75 Å². The van der Waals surface area contributed by atoms with Crippen LogP contribution in [0, 0.1) is 5.92 Å². The fraction of sp³-hybridized carbons (Fsp3) is 0.833. The van der Waals surface area contributed by atoms with Crippen molar-refractivity contribution < 1.29 is 9.59 Å². The van der Waals surface area contributed by atoms with Gasteiger partial charge >= 0.3 is 0 Å². The molecule has 4 atom stereocenters. The monoisotopic (exact) mass is 405 g/mol. The molecule has 152 valence electrons. The van der Waals surface area contributed by atoms with Gasteiger partial charge < -0.3 is 9.80 Å². The zero-order valence-corrected chi connectivity index (χ0v) is 17.5. The standard InChI is InChI=1S/C18H27N7O2S/c1-17(2)12(13-20-22-23-21-13)24-15(27)11(16(24)28-17)25-14(26)10(19-18(25,3)4)9-7-5-6-8-9/h9-12,16,19H,5-8H2,1-4H3,(H,20,21,22,23). The molecule has 2 amide bonds. The van der Waals surface area contributed by atoms with E-state index in [9.17, 15) is 9.59 Å². The van der Waals surface area contributed by atoms with E-state index in [1.807, 2.05) is 23.6 Å². The number of fused-ring (bicyclic) bond motifs is 1. The number of nitrogens with zero attached hydrogens (tertiary/aromatic N) is 5. The number of thioether (sulfide) groups is 1. The smallest absolute Gasteiger partial charge is 0.250 e. The van der Waals surface area contributed by atoms with Gasteiger partial charge in [-0.15, -0.1) is 22.0 Å². The molecule has 0 aromatic carbocycles. The van der Waals surface area contributed by atoms with Gasteiger partial charge in [-0.05, 0) is 46.5 Å². The largest absolute Gasteiger partial charge is 0.314 e. The highest BCUT2D eigenvalue weighted by molar-refractivity contribution is 8.01. The molecule has 10 heteroatoms. The number of β-lactam (4-membered cyclic amide) rings is 1. The number of aromatic amines is 1. The summed E-state index contributed by atoms with van der Waals surface area (Å²) in [6.45, 7) is 8.21. The highest BCUT2D eigenvalue weighted by Gasteiger charge is 2.68. The first-order chi connectivity index (χ1) is 13.2. The SMILES string of the molecule is CC1(C)SC2C(N3C(=O)C(C4CCCC4)NC3(C)C)C(=O)N2C1c1nn[nH]n1. The van der Waals surface area contributed by atoms with E-state index < -0.39 is 11.7 Å². The lowest BCUT2D eigenvalue weighted by molar-refractivity contribution is -0.165. The van der Waals surface area contributed by atoms with Crippen LogP contribution in [0.4, 0.5) is 0 Å². The summed E-state index contributed by atoms with van der Waals surface area (Å²) in [5, 5.41) is 17.9. The maximum atomic E-state index is 13.4. The molecule has 4 heterocycles. The maximum Gasteiger partial charge on any atom is 0.250 e. The van der Waals surface area contributed by atoms with E-state index in [1.54, 1.807) is 11.8 Å². The molecule has 1 aromatic heterocycles. The van der Waals surface area contributed by atoms with Crippen LogP contribution in [0.1, 0.15) is 65.2 Å². The van der Waals surface area contributed by atoms with Crippen molar-refractivity contribution in [2.75, 3.05) is 0 Å². The first kappa shape index (κ1) is 18.4. The van der Waals surface area contributed by atoms with Gasteiger partial charge in [0.2, 0.25) is 11.8 Å². The van der Waals surface area contributed by atoms with Crippen molar-refractivity contribution in [1.82, 2.24) is 35.7 Å². The fourth-order valence-corrected chi connectivity index (χ4v) is 7.24. The molecule has 3 saturated heterocycles. The molecule has 28 heavy (non-hydrogen) atoms. The predicted octanol–water partition coefficient (Wildman–Crippen LogP) is 1.03. The average Bonchev–Trinajstić information content (AvgIpc) is 3.38. The Kier molecular flexibility index (Phi) is 3.88. The summed E-state index contributed by atoms with van der Waals surface area (Å²) in [6, 6.07) is -0.862. The van der Waals surface area contributed by atoms with Crippen LogP contribution in [0.5, 0.6) is 0 Å². The van der Waals surface area contributed by atoms with Crippen molar-refractivity contribution in [2.45, 2.75) is 87.3 Å². The Hall–Kier alpha value is -1.68. The Morgan fingerprint density at radius 1 is 1.11 bits per heavy atom. The zero-order valence-electron chi connectivity index (χ0n) is 16.7. The van der Waals surface area contributed by atoms with E-state index in [1.165, 1.54) is 12.8 Å². The number of nitrogens with one attached hydrogen (secondary N) is 2. The first-order valence-electron chi connectivity index (χ1n) is 10.1. The highest BCUT2D eigenvalue weighted by atomic mass is 32.2. The minimum absolute atomic E-state index is 0.0202. The van der Waals surface area contributed by atoms with Crippen LogP contribution in [0.2, 0.25) is 0 Å². The number of hydrogen-bond acceptors (Lipinski definition) is 7. The summed E-state index contributed by atoms with van der Waals surface area (Å²) in [6.07, 6.45) is 4.55. The van der Waals surface area contributed by atoms with Crippen molar-refractivity contribution >= 4 is 23.6 Å². The van der Waals surface area contributed by atoms with Gasteiger partial charge in [-0.3, -0.25) is 14.9 Å². The molecule has 4 fully saturated rings. The lowest BCUT2D eigenvalue weighted by Crippen LogP contribution is -2.71. The van der Waals surface area contributed by atoms with Crippen molar-refractivity contribution in [3.05, 3.63) is 5.82 Å². The third kappa shape index (κ3) is 2.39. The number of carbonyl (C=O) groups excluding carboxylic acids is 2. The minimum Gasteiger partial charge on any atom is -0.314 e. The normalized spacial score (nSPS) is 36.9. The molecular formula is C18H27N7O2S. The number of hydrogen-bond donors (Lipinski definition) is 2. The van der Waals surface area contributed by atoms with Gasteiger partial charge in [0.15, 0.2) is 5.82 Å². The summed E-state index contributed by atoms with van der Waals surface area (Å²) in [4.78, 5) is 30.3. The summed E-state index contributed by atoms with van der Waals surface area (Å²) in [5.74, 6) is 0.966. The third-order valence-corrected chi connectivity index (χ3v) is 8.34. The van der Waals surface area contributed by atoms with Crippen molar-refractivity contribution in [2.24, 2.45) is 5.92 Å². The predicted molar refractivity (Wildman–Crippen MR) is 103 cm³/mol. The van der Waals surface area contributed by atoms with Gasteiger partial charge in [-0.1, -0.05) is 18.1 Å². The molecule has 5 rings (SSSR count). The summed E-state index contributed by atoms with van der Waals surface area (Å²) < 4.78 is -0.260. The molecule has 0 bridgehead atoms. The van der Waals surface area contributed by atoms with Gasteiger partial charge in [0.25, 0.3) is 0 Å². The third-order valence-electron chi connectivity index (χ3n) is 6.78. The molecule has 1 aromatic rings. The van der Waals surface area contributed by atoms with Gasteiger partial charge in [0.1, 0.15) is 17.5 Å². The second-order valence-electron chi connectivity index (χ2n) is 9.41. The lowest BCUT2D eigenvalue weighted by atomic mass is 9.93.